The Hall–Kier alpha value is -2.67. The zero-order valence-corrected chi connectivity index (χ0v) is 13.6. The number of amides is 2. The van der Waals surface area contributed by atoms with Gasteiger partial charge in [-0.3, -0.25) is 9.59 Å². The van der Waals surface area contributed by atoms with Crippen LogP contribution in [0.3, 0.4) is 0 Å². The lowest BCUT2D eigenvalue weighted by atomic mass is 10.1. The molecule has 0 unspecified atom stereocenters. The van der Waals surface area contributed by atoms with Gasteiger partial charge in [0.25, 0.3) is 5.91 Å². The lowest BCUT2D eigenvalue weighted by molar-refractivity contribution is -0.121. The molecule has 24 heavy (non-hydrogen) atoms. The van der Waals surface area contributed by atoms with Gasteiger partial charge in [0.1, 0.15) is 6.54 Å². The number of nitrogens with one attached hydrogen (secondary N) is 1. The normalized spacial score (nSPS) is 15.7. The molecular weight excluding hydrogens is 328 g/mol. The van der Waals surface area contributed by atoms with Crippen LogP contribution in [0.5, 0.6) is 0 Å². The molecular formula is C17H16N2O4S. The molecule has 3 rings (SSSR count). The Balaban J connectivity index is 1.72. The van der Waals surface area contributed by atoms with Gasteiger partial charge >= 0.3 is 0 Å². The van der Waals surface area contributed by atoms with Gasteiger partial charge in [-0.05, 0) is 17.2 Å². The van der Waals surface area contributed by atoms with Gasteiger partial charge in [-0.15, -0.1) is 0 Å². The molecule has 1 aliphatic rings. The van der Waals surface area contributed by atoms with E-state index in [-0.39, 0.29) is 12.3 Å². The second-order valence-corrected chi connectivity index (χ2v) is 7.38. The SMILES string of the molecule is O=C(CN1C(=O)c2ccccc2CS1(=O)=O)NCc1ccccc1. The van der Waals surface area contributed by atoms with Crippen LogP contribution in [0.15, 0.2) is 54.6 Å². The fourth-order valence-corrected chi connectivity index (χ4v) is 4.01. The summed E-state index contributed by atoms with van der Waals surface area (Å²) in [6.45, 7) is -0.235. The minimum atomic E-state index is -3.84. The minimum Gasteiger partial charge on any atom is -0.350 e. The highest BCUT2D eigenvalue weighted by molar-refractivity contribution is 7.89. The molecule has 1 N–H and O–H groups in total. The molecule has 0 saturated carbocycles. The quantitative estimate of drug-likeness (QED) is 0.906. The van der Waals surface area contributed by atoms with Gasteiger partial charge in [0.15, 0.2) is 0 Å². The molecule has 0 aliphatic carbocycles. The Morgan fingerprint density at radius 1 is 1.04 bits per heavy atom. The van der Waals surface area contributed by atoms with Gasteiger partial charge < -0.3 is 5.32 Å². The lowest BCUT2D eigenvalue weighted by Gasteiger charge is -2.27. The minimum absolute atomic E-state index is 0.276. The summed E-state index contributed by atoms with van der Waals surface area (Å²) in [6.07, 6.45) is 0. The first kappa shape index (κ1) is 16.2. The van der Waals surface area contributed by atoms with E-state index in [9.17, 15) is 18.0 Å². The van der Waals surface area contributed by atoms with Crippen LogP contribution in [0.4, 0.5) is 0 Å². The fourth-order valence-electron chi connectivity index (χ4n) is 2.54. The monoisotopic (exact) mass is 344 g/mol. The molecule has 2 aromatic carbocycles. The van der Waals surface area contributed by atoms with E-state index in [0.29, 0.717) is 15.4 Å². The fraction of sp³-hybridized carbons (Fsp3) is 0.176. The van der Waals surface area contributed by atoms with Gasteiger partial charge in [0.05, 0.1) is 5.75 Å². The van der Waals surface area contributed by atoms with Crippen molar-refractivity contribution in [3.05, 3.63) is 71.3 Å². The van der Waals surface area contributed by atoms with Crippen LogP contribution in [-0.2, 0) is 27.1 Å². The zero-order chi connectivity index (χ0) is 17.2. The summed E-state index contributed by atoms with van der Waals surface area (Å²) >= 11 is 0. The third-order valence-corrected chi connectivity index (χ3v) is 5.41. The number of sulfonamides is 1. The van der Waals surface area contributed by atoms with E-state index in [1.165, 1.54) is 0 Å². The average Bonchev–Trinajstić information content (AvgIpc) is 2.57. The average molecular weight is 344 g/mol. The summed E-state index contributed by atoms with van der Waals surface area (Å²) < 4.78 is 25.2. The lowest BCUT2D eigenvalue weighted by Crippen LogP contribution is -2.47. The predicted molar refractivity (Wildman–Crippen MR) is 88.4 cm³/mol. The standard InChI is InChI=1S/C17H16N2O4S/c20-16(18-10-13-6-2-1-3-7-13)11-19-17(21)15-9-5-4-8-14(15)12-24(19,22)23/h1-9H,10-12H2,(H,18,20). The van der Waals surface area contributed by atoms with E-state index in [1.54, 1.807) is 24.3 Å². The second kappa shape index (κ2) is 6.45. The smallest absolute Gasteiger partial charge is 0.268 e. The number of carbonyl (C=O) groups excluding carboxylic acids is 2. The number of fused-ring (bicyclic) bond motifs is 1. The van der Waals surface area contributed by atoms with Crippen molar-refractivity contribution in [1.29, 1.82) is 0 Å². The molecule has 0 spiro atoms. The van der Waals surface area contributed by atoms with Crippen LogP contribution in [-0.4, -0.2) is 31.1 Å². The van der Waals surface area contributed by atoms with Crippen LogP contribution < -0.4 is 5.32 Å². The molecule has 0 aromatic heterocycles. The first-order valence-electron chi connectivity index (χ1n) is 7.40. The molecule has 0 radical (unpaired) electrons. The summed E-state index contributed by atoms with van der Waals surface area (Å²) in [5, 5.41) is 2.63. The topological polar surface area (TPSA) is 83.6 Å². The van der Waals surface area contributed by atoms with Crippen molar-refractivity contribution in [3.63, 3.8) is 0 Å². The third-order valence-electron chi connectivity index (χ3n) is 3.77. The van der Waals surface area contributed by atoms with Gasteiger partial charge in [-0.1, -0.05) is 48.5 Å². The van der Waals surface area contributed by atoms with Crippen molar-refractivity contribution >= 4 is 21.8 Å². The molecule has 0 bridgehead atoms. The molecule has 6 nitrogen and oxygen atoms in total. The summed E-state index contributed by atoms with van der Waals surface area (Å²) in [5.74, 6) is -1.46. The van der Waals surface area contributed by atoms with E-state index in [4.69, 9.17) is 0 Å². The van der Waals surface area contributed by atoms with Gasteiger partial charge in [-0.25, -0.2) is 12.7 Å². The number of hydrogen-bond donors (Lipinski definition) is 1. The number of rotatable bonds is 4. The Kier molecular flexibility index (Phi) is 4.35. The second-order valence-electron chi connectivity index (χ2n) is 5.49. The van der Waals surface area contributed by atoms with Crippen molar-refractivity contribution < 1.29 is 18.0 Å². The maximum Gasteiger partial charge on any atom is 0.268 e. The van der Waals surface area contributed by atoms with Crippen molar-refractivity contribution in [2.45, 2.75) is 12.3 Å². The van der Waals surface area contributed by atoms with Gasteiger partial charge in [-0.2, -0.15) is 0 Å². The number of benzene rings is 2. The third kappa shape index (κ3) is 3.30. The molecule has 0 saturated heterocycles. The Bertz CT molecular complexity index is 878. The zero-order valence-electron chi connectivity index (χ0n) is 12.8. The Labute approximate surface area is 140 Å². The molecule has 0 fully saturated rings. The Morgan fingerprint density at radius 3 is 2.46 bits per heavy atom. The highest BCUT2D eigenvalue weighted by Gasteiger charge is 2.36. The van der Waals surface area contributed by atoms with Crippen LogP contribution in [0.2, 0.25) is 0 Å². The van der Waals surface area contributed by atoms with E-state index in [0.717, 1.165) is 5.56 Å². The van der Waals surface area contributed by atoms with Crippen molar-refractivity contribution in [1.82, 2.24) is 9.62 Å². The van der Waals surface area contributed by atoms with Crippen LogP contribution in [0.25, 0.3) is 0 Å². The molecule has 0 atom stereocenters. The van der Waals surface area contributed by atoms with Gasteiger partial charge in [0, 0.05) is 12.1 Å². The maximum absolute atomic E-state index is 12.4. The first-order valence-corrected chi connectivity index (χ1v) is 9.01. The largest absolute Gasteiger partial charge is 0.350 e. The molecule has 124 valence electrons. The highest BCUT2D eigenvalue weighted by atomic mass is 32.2. The number of nitrogens with zero attached hydrogens (tertiary/aromatic N) is 1. The van der Waals surface area contributed by atoms with Crippen molar-refractivity contribution in [3.8, 4) is 0 Å². The van der Waals surface area contributed by atoms with Crippen LogP contribution in [0.1, 0.15) is 21.5 Å². The van der Waals surface area contributed by atoms with Crippen molar-refractivity contribution in [2.24, 2.45) is 0 Å². The summed E-state index contributed by atoms with van der Waals surface area (Å²) in [6, 6.07) is 15.8. The number of hydrogen-bond acceptors (Lipinski definition) is 4. The highest BCUT2D eigenvalue weighted by Crippen LogP contribution is 2.24. The Morgan fingerprint density at radius 2 is 1.71 bits per heavy atom. The molecule has 2 aromatic rings. The van der Waals surface area contributed by atoms with Gasteiger partial charge in [0.2, 0.25) is 15.9 Å². The van der Waals surface area contributed by atoms with E-state index in [2.05, 4.69) is 5.32 Å². The van der Waals surface area contributed by atoms with E-state index < -0.39 is 28.4 Å². The summed E-state index contributed by atoms with van der Waals surface area (Å²) in [4.78, 5) is 24.5. The molecule has 2 amide bonds. The van der Waals surface area contributed by atoms with E-state index >= 15 is 0 Å². The molecule has 1 aliphatic heterocycles. The summed E-state index contributed by atoms with van der Waals surface area (Å²) in [5.41, 5.74) is 1.68. The van der Waals surface area contributed by atoms with Crippen LogP contribution >= 0.6 is 0 Å². The van der Waals surface area contributed by atoms with Crippen molar-refractivity contribution in [2.75, 3.05) is 6.54 Å². The molecule has 7 heteroatoms. The summed E-state index contributed by atoms with van der Waals surface area (Å²) in [7, 11) is -3.84. The maximum atomic E-state index is 12.4. The van der Waals surface area contributed by atoms with E-state index in [1.807, 2.05) is 30.3 Å². The first-order chi connectivity index (χ1) is 11.5. The molecule has 1 heterocycles. The predicted octanol–water partition coefficient (Wildman–Crippen LogP) is 1.29. The van der Waals surface area contributed by atoms with Crippen LogP contribution in [0, 0.1) is 0 Å². The number of carbonyl (C=O) groups is 2.